The maximum Gasteiger partial charge on any atom is 0.371 e. The van der Waals surface area contributed by atoms with E-state index in [1.165, 1.54) is 12.1 Å². The summed E-state index contributed by atoms with van der Waals surface area (Å²) in [6.45, 7) is 2.60. The third-order valence-electron chi connectivity index (χ3n) is 3.05. The van der Waals surface area contributed by atoms with Crippen LogP contribution in [-0.2, 0) is 4.74 Å². The number of furan rings is 1. The number of anilines is 1. The average molecular weight is 241 g/mol. The molecule has 2 heterocycles. The van der Waals surface area contributed by atoms with Crippen molar-refractivity contribution >= 4 is 11.9 Å². The maximum atomic E-state index is 10.6. The van der Waals surface area contributed by atoms with E-state index in [1.807, 2.05) is 0 Å². The lowest BCUT2D eigenvalue weighted by atomic mass is 9.97. The summed E-state index contributed by atoms with van der Waals surface area (Å²) in [7, 11) is 0. The molecular weight excluding hydrogens is 226 g/mol. The predicted octanol–water partition coefficient (Wildman–Crippen LogP) is 0.930. The molecule has 3 N–H and O–H groups in total. The highest BCUT2D eigenvalue weighted by atomic mass is 16.5. The molecule has 6 heteroatoms. The van der Waals surface area contributed by atoms with Gasteiger partial charge in [0.25, 0.3) is 0 Å². The van der Waals surface area contributed by atoms with Crippen LogP contribution in [0.4, 0.5) is 5.88 Å². The summed E-state index contributed by atoms with van der Waals surface area (Å²) in [6.07, 6.45) is 0.303. The topological polar surface area (TPSA) is 91.9 Å². The van der Waals surface area contributed by atoms with Gasteiger partial charge < -0.3 is 24.7 Å². The Labute approximate surface area is 98.2 Å². The molecule has 0 bridgehead atoms. The van der Waals surface area contributed by atoms with E-state index in [0.29, 0.717) is 18.9 Å². The smallest absolute Gasteiger partial charge is 0.371 e. The van der Waals surface area contributed by atoms with Crippen molar-refractivity contribution in [3.63, 3.8) is 0 Å². The minimum Gasteiger partial charge on any atom is -0.475 e. The first-order chi connectivity index (χ1) is 8.01. The Morgan fingerprint density at radius 2 is 2.41 bits per heavy atom. The monoisotopic (exact) mass is 241 g/mol. The first-order valence-corrected chi connectivity index (χ1v) is 5.42. The van der Waals surface area contributed by atoms with Crippen molar-refractivity contribution in [3.05, 3.63) is 17.9 Å². The molecule has 1 fully saturated rings. The van der Waals surface area contributed by atoms with E-state index in [4.69, 9.17) is 14.3 Å². The first kappa shape index (κ1) is 11.9. The summed E-state index contributed by atoms with van der Waals surface area (Å²) in [5, 5.41) is 21.7. The summed E-state index contributed by atoms with van der Waals surface area (Å²) in [5.41, 5.74) is -0.934. The van der Waals surface area contributed by atoms with E-state index < -0.39 is 11.6 Å². The summed E-state index contributed by atoms with van der Waals surface area (Å²) >= 11 is 0. The second-order valence-corrected chi connectivity index (χ2v) is 4.19. The van der Waals surface area contributed by atoms with Gasteiger partial charge in [-0.1, -0.05) is 0 Å². The zero-order chi connectivity index (χ0) is 12.5. The molecule has 0 amide bonds. The van der Waals surface area contributed by atoms with Gasteiger partial charge in [-0.15, -0.1) is 0 Å². The number of ether oxygens (including phenoxy) is 1. The van der Waals surface area contributed by atoms with Gasteiger partial charge in [0, 0.05) is 25.6 Å². The summed E-state index contributed by atoms with van der Waals surface area (Å²) in [4.78, 5) is 10.6. The number of hydrogen-bond donors (Lipinski definition) is 3. The molecule has 1 aromatic rings. The lowest BCUT2D eigenvalue weighted by Crippen LogP contribution is -2.42. The highest BCUT2D eigenvalue weighted by Gasteiger charge is 2.39. The van der Waals surface area contributed by atoms with Gasteiger partial charge in [0.2, 0.25) is 5.76 Å². The minimum absolute atomic E-state index is 0.129. The second kappa shape index (κ2) is 4.38. The van der Waals surface area contributed by atoms with Gasteiger partial charge in [-0.3, -0.25) is 0 Å². The van der Waals surface area contributed by atoms with Crippen LogP contribution in [0.3, 0.4) is 0 Å². The summed E-state index contributed by atoms with van der Waals surface area (Å²) in [6, 6.07) is 2.89. The van der Waals surface area contributed by atoms with Crippen LogP contribution < -0.4 is 5.32 Å². The molecule has 2 rings (SSSR count). The molecule has 0 aromatic carbocycles. The van der Waals surface area contributed by atoms with Crippen molar-refractivity contribution in [2.24, 2.45) is 0 Å². The zero-order valence-electron chi connectivity index (χ0n) is 9.47. The van der Waals surface area contributed by atoms with Crippen molar-refractivity contribution in [3.8, 4) is 0 Å². The van der Waals surface area contributed by atoms with E-state index >= 15 is 0 Å². The fourth-order valence-corrected chi connectivity index (χ4v) is 1.79. The SMILES string of the molecule is CC1OCCC1(O)CNc1ccc(C(=O)O)o1. The highest BCUT2D eigenvalue weighted by Crippen LogP contribution is 2.26. The molecule has 6 nitrogen and oxygen atoms in total. The number of nitrogens with one attached hydrogen (secondary N) is 1. The van der Waals surface area contributed by atoms with Crippen molar-refractivity contribution in [2.75, 3.05) is 18.5 Å². The van der Waals surface area contributed by atoms with Crippen LogP contribution >= 0.6 is 0 Å². The third-order valence-corrected chi connectivity index (χ3v) is 3.05. The Kier molecular flexibility index (Phi) is 3.08. The van der Waals surface area contributed by atoms with E-state index in [0.717, 1.165) is 0 Å². The first-order valence-electron chi connectivity index (χ1n) is 5.42. The molecule has 1 saturated heterocycles. The van der Waals surface area contributed by atoms with E-state index in [9.17, 15) is 9.90 Å². The van der Waals surface area contributed by atoms with Crippen molar-refractivity contribution in [2.45, 2.75) is 25.0 Å². The Morgan fingerprint density at radius 1 is 1.65 bits per heavy atom. The number of carbonyl (C=O) groups is 1. The number of aromatic carboxylic acids is 1. The largest absolute Gasteiger partial charge is 0.475 e. The van der Waals surface area contributed by atoms with Crippen LogP contribution in [0.15, 0.2) is 16.5 Å². The quantitative estimate of drug-likeness (QED) is 0.726. The van der Waals surface area contributed by atoms with Crippen LogP contribution in [0.1, 0.15) is 23.9 Å². The summed E-state index contributed by atoms with van der Waals surface area (Å²) < 4.78 is 10.3. The van der Waals surface area contributed by atoms with Crippen LogP contribution in [0.2, 0.25) is 0 Å². The number of hydrogen-bond acceptors (Lipinski definition) is 5. The lowest BCUT2D eigenvalue weighted by molar-refractivity contribution is -0.0178. The molecule has 0 saturated carbocycles. The van der Waals surface area contributed by atoms with Gasteiger partial charge >= 0.3 is 5.97 Å². The molecule has 1 aliphatic rings. The molecular formula is C11H15NO5. The Balaban J connectivity index is 1.95. The van der Waals surface area contributed by atoms with Crippen molar-refractivity contribution in [1.29, 1.82) is 0 Å². The number of rotatable bonds is 4. The number of carboxylic acids is 1. The molecule has 1 aliphatic heterocycles. The third kappa shape index (κ3) is 2.42. The van der Waals surface area contributed by atoms with E-state index in [-0.39, 0.29) is 18.4 Å². The molecule has 0 radical (unpaired) electrons. The van der Waals surface area contributed by atoms with Crippen molar-refractivity contribution in [1.82, 2.24) is 0 Å². The normalized spacial score (nSPS) is 28.2. The number of aliphatic hydroxyl groups is 1. The molecule has 0 aliphatic carbocycles. The van der Waals surface area contributed by atoms with Gasteiger partial charge in [-0.05, 0) is 13.0 Å². The van der Waals surface area contributed by atoms with Crippen molar-refractivity contribution < 1.29 is 24.2 Å². The zero-order valence-corrected chi connectivity index (χ0v) is 9.47. The maximum absolute atomic E-state index is 10.6. The fraction of sp³-hybridized carbons (Fsp3) is 0.545. The Bertz CT molecular complexity index is 416. The fourth-order valence-electron chi connectivity index (χ4n) is 1.79. The Hall–Kier alpha value is -1.53. The van der Waals surface area contributed by atoms with Gasteiger partial charge in [0.1, 0.15) is 5.60 Å². The average Bonchev–Trinajstić information content (AvgIpc) is 2.85. The second-order valence-electron chi connectivity index (χ2n) is 4.19. The molecule has 1 aromatic heterocycles. The molecule has 2 atom stereocenters. The van der Waals surface area contributed by atoms with Gasteiger partial charge in [-0.25, -0.2) is 4.79 Å². The molecule has 0 spiro atoms. The van der Waals surface area contributed by atoms with Gasteiger partial charge in [-0.2, -0.15) is 0 Å². The standard InChI is InChI=1S/C11H15NO5/c1-7-11(15,4-5-16-7)6-12-9-3-2-8(17-9)10(13)14/h2-3,7,12,15H,4-6H2,1H3,(H,13,14). The van der Waals surface area contributed by atoms with Crippen LogP contribution in [0.25, 0.3) is 0 Å². The predicted molar refractivity (Wildman–Crippen MR) is 59.1 cm³/mol. The van der Waals surface area contributed by atoms with Crippen LogP contribution in [0, 0.1) is 0 Å². The molecule has 17 heavy (non-hydrogen) atoms. The lowest BCUT2D eigenvalue weighted by Gasteiger charge is -2.25. The minimum atomic E-state index is -1.12. The molecule has 2 unspecified atom stereocenters. The number of carboxylic acid groups (broad SMARTS) is 1. The van der Waals surface area contributed by atoms with Gasteiger partial charge in [0.05, 0.1) is 6.10 Å². The van der Waals surface area contributed by atoms with Crippen LogP contribution in [0.5, 0.6) is 0 Å². The van der Waals surface area contributed by atoms with Crippen LogP contribution in [-0.4, -0.2) is 41.0 Å². The Morgan fingerprint density at radius 3 is 2.94 bits per heavy atom. The van der Waals surface area contributed by atoms with E-state index in [1.54, 1.807) is 6.92 Å². The molecule has 94 valence electrons. The van der Waals surface area contributed by atoms with E-state index in [2.05, 4.69) is 5.32 Å². The summed E-state index contributed by atoms with van der Waals surface area (Å²) in [5.74, 6) is -0.917. The highest BCUT2D eigenvalue weighted by molar-refractivity contribution is 5.84. The van der Waals surface area contributed by atoms with Gasteiger partial charge in [0.15, 0.2) is 5.88 Å².